The zero-order chi connectivity index (χ0) is 41.1. The Balaban J connectivity index is 1.10. The van der Waals surface area contributed by atoms with Crippen LogP contribution in [0.3, 0.4) is 0 Å². The summed E-state index contributed by atoms with van der Waals surface area (Å²) in [6, 6.07) is 0. The highest BCUT2D eigenvalue weighted by atomic mass is 16.7. The van der Waals surface area contributed by atoms with E-state index in [1.807, 2.05) is 0 Å². The molecule has 318 valence electrons. The molecule has 0 aromatic carbocycles. The van der Waals surface area contributed by atoms with Gasteiger partial charge in [-0.1, -0.05) is 53.2 Å². The summed E-state index contributed by atoms with van der Waals surface area (Å²) >= 11 is 0. The molecular weight excluding hydrogens is 728 g/mol. The first-order valence-corrected chi connectivity index (χ1v) is 20.8. The molecule has 0 spiro atoms. The van der Waals surface area contributed by atoms with Gasteiger partial charge in [-0.25, -0.2) is 0 Å². The Morgan fingerprint density at radius 1 is 0.750 bits per heavy atom. The average Bonchev–Trinajstić information content (AvgIpc) is 3.12. The van der Waals surface area contributed by atoms with Gasteiger partial charge in [-0.15, -0.1) is 0 Å². The number of carboxylic acid groups (broad SMARTS) is 2. The summed E-state index contributed by atoms with van der Waals surface area (Å²) in [6.07, 6.45) is -6.14. The number of hydrogen-bond donors (Lipinski definition) is 8. The summed E-state index contributed by atoms with van der Waals surface area (Å²) in [7, 11) is 0. The lowest BCUT2D eigenvalue weighted by molar-refractivity contribution is -0.364. The van der Waals surface area contributed by atoms with E-state index >= 15 is 0 Å². The Morgan fingerprint density at radius 2 is 1.39 bits per heavy atom. The summed E-state index contributed by atoms with van der Waals surface area (Å²) in [6.45, 7) is 14.1. The second-order valence-corrected chi connectivity index (χ2v) is 20.5. The molecule has 4 saturated carbocycles. The van der Waals surface area contributed by atoms with Crippen molar-refractivity contribution in [1.82, 2.24) is 0 Å². The molecule has 0 unspecified atom stereocenters. The molecular formula is C42H66O14. The number of aliphatic hydroxyl groups excluding tert-OH is 6. The standard InChI is InChI=1S/C42H66O14/c1-20-32(56-34-30(47)28(45)27(44)23(19-43)54-34)29(46)31(48)33(53-20)55-26-11-12-39(6)24(38(26,4)5)10-13-40(7)25(39)9-8-21-22-18-37(2,3)14-15-41(22,35(49)50)16-17-42(21,40)36(51)52/h8,20,22-34,43-48H,9-19H2,1-7H3,(H,49,50)(H,51,52)/t20-,22+,23-,24+,25+,26+,27-,28+,29-,30-,31+,32-,33+,34+,39-,40+,41-,42-/m0/s1. The number of hydrogen-bond acceptors (Lipinski definition) is 12. The number of rotatable bonds is 7. The smallest absolute Gasteiger partial charge is 0.314 e. The van der Waals surface area contributed by atoms with Crippen LogP contribution in [-0.2, 0) is 28.5 Å². The fourth-order valence-electron chi connectivity index (χ4n) is 13.8. The lowest BCUT2D eigenvalue weighted by Crippen LogP contribution is -2.68. The van der Waals surface area contributed by atoms with Gasteiger partial charge in [0.1, 0.15) is 42.7 Å². The summed E-state index contributed by atoms with van der Waals surface area (Å²) in [5.41, 5.74) is -2.64. The number of ether oxygens (including phenoxy) is 4. The molecule has 56 heavy (non-hydrogen) atoms. The van der Waals surface area contributed by atoms with E-state index in [1.54, 1.807) is 6.92 Å². The van der Waals surface area contributed by atoms with Gasteiger partial charge in [-0.2, -0.15) is 0 Å². The van der Waals surface area contributed by atoms with Crippen LogP contribution in [0, 0.1) is 50.2 Å². The molecule has 7 aliphatic rings. The SMILES string of the molecule is C[C@@H]1O[C@H](O[C@@H]2CC[C@@]3(C)[C@H](CC[C@]4(C)[C@@H]3CC=C3[C@H]5CC(C)(C)CC[C@]5(C(=O)O)CC[C@@]34C(=O)O)C2(C)C)[C@H](O)[C@H](O)[C@H]1O[C@H]1O[C@@H](CO)[C@H](O)[C@@H](O)[C@@H]1O. The van der Waals surface area contributed by atoms with Crippen molar-refractivity contribution in [3.63, 3.8) is 0 Å². The van der Waals surface area contributed by atoms with E-state index in [9.17, 15) is 50.4 Å². The maximum Gasteiger partial charge on any atom is 0.314 e. The van der Waals surface area contributed by atoms with Gasteiger partial charge in [-0.05, 0) is 111 Å². The third-order valence-electron chi connectivity index (χ3n) is 17.0. The van der Waals surface area contributed by atoms with Crippen LogP contribution in [0.25, 0.3) is 0 Å². The molecule has 6 fully saturated rings. The summed E-state index contributed by atoms with van der Waals surface area (Å²) in [5, 5.41) is 85.2. The van der Waals surface area contributed by atoms with Gasteiger partial charge < -0.3 is 59.8 Å². The lowest BCUT2D eigenvalue weighted by atomic mass is 9.33. The fraction of sp³-hybridized carbons (Fsp3) is 0.905. The molecule has 14 heteroatoms. The van der Waals surface area contributed by atoms with Crippen molar-refractivity contribution in [2.45, 2.75) is 180 Å². The Morgan fingerprint density at radius 3 is 2.04 bits per heavy atom. The second kappa shape index (κ2) is 14.2. The molecule has 0 aromatic rings. The van der Waals surface area contributed by atoms with Crippen LogP contribution in [0.1, 0.15) is 113 Å². The van der Waals surface area contributed by atoms with Gasteiger partial charge in [0.05, 0.1) is 29.6 Å². The Kier molecular flexibility index (Phi) is 10.8. The maximum atomic E-state index is 13.9. The van der Waals surface area contributed by atoms with Crippen molar-refractivity contribution in [2.24, 2.45) is 50.2 Å². The molecule has 0 radical (unpaired) electrons. The molecule has 0 aromatic heterocycles. The van der Waals surface area contributed by atoms with E-state index in [0.717, 1.165) is 24.8 Å². The molecule has 14 nitrogen and oxygen atoms in total. The minimum Gasteiger partial charge on any atom is -0.481 e. The first-order chi connectivity index (χ1) is 26.0. The van der Waals surface area contributed by atoms with Crippen molar-refractivity contribution in [1.29, 1.82) is 0 Å². The normalized spacial score (nSPS) is 52.3. The van der Waals surface area contributed by atoms with Crippen LogP contribution in [0.5, 0.6) is 0 Å². The van der Waals surface area contributed by atoms with Crippen molar-refractivity contribution in [3.05, 3.63) is 11.6 Å². The number of allylic oxidation sites excluding steroid dienone is 1. The van der Waals surface area contributed by atoms with Gasteiger partial charge in [0.25, 0.3) is 0 Å². The Hall–Kier alpha value is -1.72. The van der Waals surface area contributed by atoms with Crippen molar-refractivity contribution in [3.8, 4) is 0 Å². The maximum absolute atomic E-state index is 13.9. The predicted molar refractivity (Wildman–Crippen MR) is 198 cm³/mol. The Bertz CT molecular complexity index is 1560. The lowest BCUT2D eigenvalue weighted by Gasteiger charge is -2.70. The minimum atomic E-state index is -1.69. The molecule has 2 aliphatic heterocycles. The largest absolute Gasteiger partial charge is 0.481 e. The third kappa shape index (κ3) is 6.01. The van der Waals surface area contributed by atoms with Gasteiger partial charge in [0, 0.05) is 0 Å². The molecule has 2 heterocycles. The molecule has 2 saturated heterocycles. The van der Waals surface area contributed by atoms with Crippen LogP contribution in [0.4, 0.5) is 0 Å². The average molecular weight is 795 g/mol. The molecule has 8 N–H and O–H groups in total. The van der Waals surface area contributed by atoms with Crippen LogP contribution >= 0.6 is 0 Å². The molecule has 18 atom stereocenters. The van der Waals surface area contributed by atoms with E-state index in [-0.39, 0.29) is 34.7 Å². The highest BCUT2D eigenvalue weighted by Gasteiger charge is 2.73. The molecule has 5 aliphatic carbocycles. The monoisotopic (exact) mass is 794 g/mol. The van der Waals surface area contributed by atoms with Crippen LogP contribution in [0.2, 0.25) is 0 Å². The molecule has 0 bridgehead atoms. The third-order valence-corrected chi connectivity index (χ3v) is 17.0. The van der Waals surface area contributed by atoms with E-state index in [4.69, 9.17) is 18.9 Å². The second-order valence-electron chi connectivity index (χ2n) is 20.5. The van der Waals surface area contributed by atoms with Crippen LogP contribution in [0.15, 0.2) is 11.6 Å². The number of aliphatic hydroxyl groups is 6. The molecule has 7 rings (SSSR count). The summed E-state index contributed by atoms with van der Waals surface area (Å²) in [5.74, 6) is -1.80. The van der Waals surface area contributed by atoms with E-state index in [0.29, 0.717) is 44.9 Å². The highest BCUT2D eigenvalue weighted by Crippen LogP contribution is 2.76. The predicted octanol–water partition coefficient (Wildman–Crippen LogP) is 2.97. The van der Waals surface area contributed by atoms with Crippen LogP contribution < -0.4 is 0 Å². The molecule has 0 amide bonds. The highest BCUT2D eigenvalue weighted by molar-refractivity contribution is 5.84. The van der Waals surface area contributed by atoms with Crippen LogP contribution in [-0.4, -0.2) is 127 Å². The first-order valence-electron chi connectivity index (χ1n) is 20.8. The number of aliphatic carboxylic acids is 2. The van der Waals surface area contributed by atoms with E-state index in [1.165, 1.54) is 0 Å². The van der Waals surface area contributed by atoms with Crippen molar-refractivity contribution < 1.29 is 69.4 Å². The van der Waals surface area contributed by atoms with Crippen molar-refractivity contribution in [2.75, 3.05) is 6.61 Å². The number of fused-ring (bicyclic) bond motifs is 7. The van der Waals surface area contributed by atoms with E-state index in [2.05, 4.69) is 47.6 Å². The van der Waals surface area contributed by atoms with E-state index < -0.39 is 102 Å². The van der Waals surface area contributed by atoms with Gasteiger partial charge in [-0.3, -0.25) is 9.59 Å². The minimum absolute atomic E-state index is 0.0291. The zero-order valence-electron chi connectivity index (χ0n) is 34.0. The fourth-order valence-corrected chi connectivity index (χ4v) is 13.8. The quantitative estimate of drug-likeness (QED) is 0.137. The number of carbonyl (C=O) groups is 2. The topological polar surface area (TPSA) is 233 Å². The zero-order valence-corrected chi connectivity index (χ0v) is 34.0. The number of carboxylic acids is 2. The van der Waals surface area contributed by atoms with Crippen molar-refractivity contribution >= 4 is 11.9 Å². The van der Waals surface area contributed by atoms with Gasteiger partial charge >= 0.3 is 11.9 Å². The Labute approximate surface area is 329 Å². The van der Waals surface area contributed by atoms with Gasteiger partial charge in [0.15, 0.2) is 12.6 Å². The summed E-state index contributed by atoms with van der Waals surface area (Å²) < 4.78 is 24.0. The van der Waals surface area contributed by atoms with Gasteiger partial charge in [0.2, 0.25) is 0 Å². The summed E-state index contributed by atoms with van der Waals surface area (Å²) in [4.78, 5) is 27.0. The first kappa shape index (κ1) is 42.4.